The molecule has 4 heteroatoms. The highest BCUT2D eigenvalue weighted by Gasteiger charge is 2.51. The molecule has 3 rings (SSSR count). The van der Waals surface area contributed by atoms with E-state index < -0.39 is 0 Å². The lowest BCUT2D eigenvalue weighted by Gasteiger charge is -2.31. The molecule has 0 spiro atoms. The molecule has 3 nitrogen and oxygen atoms in total. The van der Waals surface area contributed by atoms with Crippen LogP contribution in [0.15, 0.2) is 0 Å². The van der Waals surface area contributed by atoms with E-state index in [2.05, 4.69) is 5.32 Å². The molecule has 3 fully saturated rings. The van der Waals surface area contributed by atoms with Gasteiger partial charge in [0.2, 0.25) is 0 Å². The Kier molecular flexibility index (Phi) is 2.96. The molecular formula is C8H14ClNO2. The Hall–Kier alpha value is -0.280. The lowest BCUT2D eigenvalue weighted by molar-refractivity contribution is -0.153. The van der Waals surface area contributed by atoms with Crippen molar-refractivity contribution in [2.45, 2.75) is 19.4 Å². The number of carbonyl (C=O) groups is 1. The third-order valence-corrected chi connectivity index (χ3v) is 2.70. The Bertz CT molecular complexity index is 172. The van der Waals surface area contributed by atoms with Crippen LogP contribution in [0.1, 0.15) is 13.3 Å². The maximum Gasteiger partial charge on any atom is 0.310 e. The second-order valence-electron chi connectivity index (χ2n) is 3.29. The van der Waals surface area contributed by atoms with Crippen LogP contribution in [0.2, 0.25) is 0 Å². The van der Waals surface area contributed by atoms with Gasteiger partial charge in [-0.05, 0) is 25.8 Å². The quantitative estimate of drug-likeness (QED) is 0.649. The number of halogens is 1. The third-order valence-electron chi connectivity index (χ3n) is 2.70. The zero-order chi connectivity index (χ0) is 7.84. The summed E-state index contributed by atoms with van der Waals surface area (Å²) in [6.45, 7) is 3.37. The van der Waals surface area contributed by atoms with Crippen LogP contribution in [0, 0.1) is 11.8 Å². The van der Waals surface area contributed by atoms with E-state index in [4.69, 9.17) is 4.74 Å². The molecular weight excluding hydrogens is 178 g/mol. The number of hydrogen-bond donors (Lipinski definition) is 1. The summed E-state index contributed by atoms with van der Waals surface area (Å²) in [5, 5.41) is 3.28. The number of fused-ring (bicyclic) bond motifs is 1. The van der Waals surface area contributed by atoms with E-state index >= 15 is 0 Å². The molecule has 2 aliphatic heterocycles. The van der Waals surface area contributed by atoms with Crippen molar-refractivity contribution in [2.75, 3.05) is 13.2 Å². The van der Waals surface area contributed by atoms with Gasteiger partial charge in [-0.1, -0.05) is 0 Å². The zero-order valence-electron chi connectivity index (χ0n) is 7.08. The van der Waals surface area contributed by atoms with Crippen LogP contribution >= 0.6 is 12.4 Å². The fourth-order valence-corrected chi connectivity index (χ4v) is 2.07. The summed E-state index contributed by atoms with van der Waals surface area (Å²) >= 11 is 0. The molecule has 1 aliphatic carbocycles. The first-order valence-electron chi connectivity index (χ1n) is 4.23. The molecule has 2 bridgehead atoms. The summed E-state index contributed by atoms with van der Waals surface area (Å²) in [6.07, 6.45) is 1.17. The summed E-state index contributed by atoms with van der Waals surface area (Å²) in [7, 11) is 0. The SMILES string of the molecule is CCOC(=O)C1C2CNC1C2.Cl. The first-order valence-corrected chi connectivity index (χ1v) is 4.23. The Balaban J connectivity index is 0.000000720. The lowest BCUT2D eigenvalue weighted by atomic mass is 9.74. The maximum atomic E-state index is 11.2. The van der Waals surface area contributed by atoms with Crippen molar-refractivity contribution in [3.63, 3.8) is 0 Å². The standard InChI is InChI=1S/C8H13NO2.ClH/c1-2-11-8(10)7-5-3-6(7)9-4-5;/h5-7,9H,2-4H2,1H3;1H. The average molecular weight is 192 g/mol. The number of esters is 1. The molecule has 2 heterocycles. The number of carbonyl (C=O) groups excluding carboxylic acids is 1. The molecule has 70 valence electrons. The van der Waals surface area contributed by atoms with E-state index in [1.807, 2.05) is 6.92 Å². The third kappa shape index (κ3) is 1.31. The van der Waals surface area contributed by atoms with Crippen LogP contribution < -0.4 is 5.32 Å². The van der Waals surface area contributed by atoms with Crippen LogP contribution in [0.4, 0.5) is 0 Å². The Morgan fingerprint density at radius 2 is 2.42 bits per heavy atom. The minimum atomic E-state index is -0.00116. The number of hydrogen-bond acceptors (Lipinski definition) is 3. The van der Waals surface area contributed by atoms with Crippen molar-refractivity contribution >= 4 is 18.4 Å². The van der Waals surface area contributed by atoms with Gasteiger partial charge in [0.1, 0.15) is 0 Å². The minimum absolute atomic E-state index is 0. The summed E-state index contributed by atoms with van der Waals surface area (Å²) < 4.78 is 4.95. The van der Waals surface area contributed by atoms with Gasteiger partial charge in [0, 0.05) is 6.04 Å². The summed E-state index contributed by atoms with van der Waals surface area (Å²) in [5.74, 6) is 0.743. The van der Waals surface area contributed by atoms with E-state index in [1.165, 1.54) is 6.42 Å². The Labute approximate surface area is 78.3 Å². The first kappa shape index (κ1) is 9.81. The molecule has 2 saturated heterocycles. The van der Waals surface area contributed by atoms with Crippen LogP contribution in [0.5, 0.6) is 0 Å². The topological polar surface area (TPSA) is 38.3 Å². The molecule has 0 aromatic rings. The van der Waals surface area contributed by atoms with E-state index in [0.29, 0.717) is 18.6 Å². The van der Waals surface area contributed by atoms with Gasteiger partial charge in [0.15, 0.2) is 0 Å². The Morgan fingerprint density at radius 1 is 1.67 bits per heavy atom. The highest BCUT2D eigenvalue weighted by atomic mass is 35.5. The van der Waals surface area contributed by atoms with Crippen molar-refractivity contribution in [2.24, 2.45) is 11.8 Å². The molecule has 12 heavy (non-hydrogen) atoms. The van der Waals surface area contributed by atoms with Gasteiger partial charge in [0.25, 0.3) is 0 Å². The molecule has 3 unspecified atom stereocenters. The van der Waals surface area contributed by atoms with E-state index in [-0.39, 0.29) is 24.3 Å². The lowest BCUT2D eigenvalue weighted by Crippen LogP contribution is -2.43. The molecule has 1 saturated carbocycles. The van der Waals surface area contributed by atoms with Crippen molar-refractivity contribution in [3.05, 3.63) is 0 Å². The predicted molar refractivity (Wildman–Crippen MR) is 47.3 cm³/mol. The molecule has 3 atom stereocenters. The second-order valence-corrected chi connectivity index (χ2v) is 3.29. The van der Waals surface area contributed by atoms with Gasteiger partial charge >= 0.3 is 5.97 Å². The number of nitrogens with one attached hydrogen (secondary N) is 1. The van der Waals surface area contributed by atoms with Crippen molar-refractivity contribution < 1.29 is 9.53 Å². The van der Waals surface area contributed by atoms with Crippen molar-refractivity contribution in [3.8, 4) is 0 Å². The number of ether oxygens (including phenoxy) is 1. The average Bonchev–Trinajstić information content (AvgIpc) is 2.44. The van der Waals surface area contributed by atoms with E-state index in [0.717, 1.165) is 6.54 Å². The molecule has 1 N–H and O–H groups in total. The Morgan fingerprint density at radius 3 is 2.83 bits per heavy atom. The molecule has 0 amide bonds. The van der Waals surface area contributed by atoms with Crippen LogP contribution in [0.25, 0.3) is 0 Å². The van der Waals surface area contributed by atoms with Gasteiger partial charge in [-0.2, -0.15) is 0 Å². The monoisotopic (exact) mass is 191 g/mol. The van der Waals surface area contributed by atoms with Crippen LogP contribution in [0.3, 0.4) is 0 Å². The van der Waals surface area contributed by atoms with Gasteiger partial charge in [-0.15, -0.1) is 12.4 Å². The molecule has 3 aliphatic rings. The second kappa shape index (κ2) is 3.62. The summed E-state index contributed by atoms with van der Waals surface area (Å²) in [5.41, 5.74) is 0. The highest BCUT2D eigenvalue weighted by Crippen LogP contribution is 2.40. The summed E-state index contributed by atoms with van der Waals surface area (Å²) in [4.78, 5) is 11.2. The van der Waals surface area contributed by atoms with Crippen molar-refractivity contribution in [1.29, 1.82) is 0 Å². The first-order chi connectivity index (χ1) is 5.33. The van der Waals surface area contributed by atoms with E-state index in [9.17, 15) is 4.79 Å². The van der Waals surface area contributed by atoms with Gasteiger partial charge in [-0.25, -0.2) is 0 Å². The van der Waals surface area contributed by atoms with Gasteiger partial charge in [-0.3, -0.25) is 4.79 Å². The predicted octanol–water partition coefficient (Wildman–Crippen LogP) is 0.579. The molecule has 0 aromatic heterocycles. The highest BCUT2D eigenvalue weighted by molar-refractivity contribution is 5.85. The summed E-state index contributed by atoms with van der Waals surface area (Å²) in [6, 6.07) is 0.430. The zero-order valence-corrected chi connectivity index (χ0v) is 7.89. The van der Waals surface area contributed by atoms with Crippen LogP contribution in [-0.4, -0.2) is 25.2 Å². The smallest absolute Gasteiger partial charge is 0.310 e. The largest absolute Gasteiger partial charge is 0.466 e. The van der Waals surface area contributed by atoms with E-state index in [1.54, 1.807) is 0 Å². The number of rotatable bonds is 2. The van der Waals surface area contributed by atoms with Crippen LogP contribution in [-0.2, 0) is 9.53 Å². The molecule has 0 radical (unpaired) electrons. The minimum Gasteiger partial charge on any atom is -0.466 e. The fourth-order valence-electron chi connectivity index (χ4n) is 2.07. The fraction of sp³-hybridized carbons (Fsp3) is 0.875. The van der Waals surface area contributed by atoms with Gasteiger partial charge in [0.05, 0.1) is 12.5 Å². The molecule has 0 aromatic carbocycles. The maximum absolute atomic E-state index is 11.2. The van der Waals surface area contributed by atoms with Crippen molar-refractivity contribution in [1.82, 2.24) is 5.32 Å². The van der Waals surface area contributed by atoms with Gasteiger partial charge < -0.3 is 10.1 Å². The normalized spacial score (nSPS) is 36.6.